The Morgan fingerprint density at radius 1 is 1.30 bits per heavy atom. The first kappa shape index (κ1) is 14.6. The second kappa shape index (κ2) is 6.18. The summed E-state index contributed by atoms with van der Waals surface area (Å²) in [6, 6.07) is 10.5. The molecule has 1 aliphatic heterocycles. The van der Waals surface area contributed by atoms with Crippen LogP contribution >= 0.6 is 38.9 Å². The molecule has 1 aromatic heterocycles. The lowest BCUT2D eigenvalue weighted by molar-refractivity contribution is 0.408. The van der Waals surface area contributed by atoms with Gasteiger partial charge in [0.2, 0.25) is 0 Å². The van der Waals surface area contributed by atoms with E-state index in [-0.39, 0.29) is 0 Å². The van der Waals surface area contributed by atoms with E-state index in [4.69, 9.17) is 11.6 Å². The maximum atomic E-state index is 6.41. The Hall–Kier alpha value is -0.350. The molecule has 0 radical (unpaired) electrons. The van der Waals surface area contributed by atoms with Crippen molar-refractivity contribution in [1.82, 2.24) is 5.32 Å². The average molecular weight is 371 g/mol. The minimum absolute atomic E-state index is 0.461. The van der Waals surface area contributed by atoms with E-state index in [1.54, 1.807) is 0 Å². The van der Waals surface area contributed by atoms with Crippen molar-refractivity contribution in [3.63, 3.8) is 0 Å². The predicted molar refractivity (Wildman–Crippen MR) is 91.2 cm³/mol. The molecule has 0 aliphatic carbocycles. The Morgan fingerprint density at radius 3 is 2.80 bits per heavy atom. The van der Waals surface area contributed by atoms with Crippen LogP contribution in [-0.2, 0) is 0 Å². The molecule has 20 heavy (non-hydrogen) atoms. The van der Waals surface area contributed by atoms with Crippen molar-refractivity contribution in [2.45, 2.75) is 25.2 Å². The van der Waals surface area contributed by atoms with Crippen molar-refractivity contribution in [3.05, 3.63) is 55.1 Å². The topological polar surface area (TPSA) is 12.0 Å². The van der Waals surface area contributed by atoms with Gasteiger partial charge in [-0.1, -0.05) is 29.8 Å². The van der Waals surface area contributed by atoms with Gasteiger partial charge in [-0.15, -0.1) is 11.3 Å². The number of hydrogen-bond donors (Lipinski definition) is 1. The first-order valence-electron chi connectivity index (χ1n) is 6.88. The zero-order valence-electron chi connectivity index (χ0n) is 11.3. The second-order valence-electron chi connectivity index (χ2n) is 5.28. The van der Waals surface area contributed by atoms with Gasteiger partial charge in [0, 0.05) is 37.6 Å². The molecule has 106 valence electrons. The molecule has 3 rings (SSSR count). The third-order valence-electron chi connectivity index (χ3n) is 4.03. The zero-order valence-corrected chi connectivity index (χ0v) is 14.5. The minimum atomic E-state index is 0.461. The lowest BCUT2D eigenvalue weighted by Gasteiger charge is -2.32. The summed E-state index contributed by atoms with van der Waals surface area (Å²) in [6.07, 6.45) is 1.17. The molecule has 2 heterocycles. The highest BCUT2D eigenvalue weighted by atomic mass is 79.9. The predicted octanol–water partition coefficient (Wildman–Crippen LogP) is 5.33. The number of hydrogen-bond acceptors (Lipinski definition) is 2. The van der Waals surface area contributed by atoms with Crippen LogP contribution in [0.15, 0.2) is 34.8 Å². The Labute approximate surface area is 137 Å². The van der Waals surface area contributed by atoms with Gasteiger partial charge >= 0.3 is 0 Å². The average Bonchev–Trinajstić information content (AvgIpc) is 2.79. The lowest BCUT2D eigenvalue weighted by Crippen LogP contribution is -2.33. The summed E-state index contributed by atoms with van der Waals surface area (Å²) in [5.74, 6) is 1.02. The van der Waals surface area contributed by atoms with Crippen LogP contribution in [0.2, 0.25) is 5.02 Å². The number of rotatable bonds is 2. The van der Waals surface area contributed by atoms with Crippen LogP contribution in [0.4, 0.5) is 0 Å². The van der Waals surface area contributed by atoms with Gasteiger partial charge in [-0.25, -0.2) is 0 Å². The van der Waals surface area contributed by atoms with Crippen LogP contribution in [0, 0.1) is 6.92 Å². The van der Waals surface area contributed by atoms with Gasteiger partial charge in [0.05, 0.1) is 0 Å². The highest BCUT2D eigenvalue weighted by Crippen LogP contribution is 2.43. The van der Waals surface area contributed by atoms with Gasteiger partial charge in [0.25, 0.3) is 0 Å². The van der Waals surface area contributed by atoms with E-state index in [0.717, 1.165) is 18.1 Å². The number of nitrogens with one attached hydrogen (secondary N) is 1. The molecule has 4 heteroatoms. The molecular weight excluding hydrogens is 354 g/mol. The third kappa shape index (κ3) is 2.82. The molecule has 2 aromatic rings. The van der Waals surface area contributed by atoms with E-state index in [0.29, 0.717) is 11.8 Å². The molecule has 1 N–H and O–H groups in total. The largest absolute Gasteiger partial charge is 0.316 e. The van der Waals surface area contributed by atoms with Gasteiger partial charge in [0.1, 0.15) is 0 Å². The molecule has 2 atom stereocenters. The van der Waals surface area contributed by atoms with E-state index >= 15 is 0 Å². The van der Waals surface area contributed by atoms with Gasteiger partial charge in [-0.05, 0) is 53.5 Å². The number of thiophene rings is 1. The van der Waals surface area contributed by atoms with Crippen LogP contribution in [0.25, 0.3) is 0 Å². The quantitative estimate of drug-likeness (QED) is 0.753. The first-order valence-corrected chi connectivity index (χ1v) is 8.86. The molecule has 1 aromatic carbocycles. The summed E-state index contributed by atoms with van der Waals surface area (Å²) in [5, 5.41) is 4.40. The van der Waals surface area contributed by atoms with Crippen LogP contribution in [0.3, 0.4) is 0 Å². The fourth-order valence-corrected chi connectivity index (χ4v) is 5.00. The molecule has 0 amide bonds. The first-order chi connectivity index (χ1) is 9.66. The number of aryl methyl sites for hydroxylation is 1. The Balaban J connectivity index is 1.97. The Bertz CT molecular complexity index is 591. The van der Waals surface area contributed by atoms with Crippen LogP contribution in [0.1, 0.15) is 33.6 Å². The van der Waals surface area contributed by atoms with E-state index in [2.05, 4.69) is 46.4 Å². The fourth-order valence-electron chi connectivity index (χ4n) is 2.97. The van der Waals surface area contributed by atoms with Crippen molar-refractivity contribution >= 4 is 38.9 Å². The van der Waals surface area contributed by atoms with Crippen molar-refractivity contribution < 1.29 is 0 Å². The summed E-state index contributed by atoms with van der Waals surface area (Å²) >= 11 is 12.0. The summed E-state index contributed by atoms with van der Waals surface area (Å²) in [4.78, 5) is 2.83. The fraction of sp³-hybridized carbons (Fsp3) is 0.375. The molecule has 1 aliphatic rings. The molecule has 1 fully saturated rings. The molecule has 1 nitrogen and oxygen atoms in total. The Kier molecular flexibility index (Phi) is 4.51. The SMILES string of the molecule is Cc1sc(C2CCNCC2c2ccccc2Cl)cc1Br. The zero-order chi connectivity index (χ0) is 14.1. The molecule has 0 spiro atoms. The summed E-state index contributed by atoms with van der Waals surface area (Å²) < 4.78 is 1.23. The maximum Gasteiger partial charge on any atom is 0.0441 e. The third-order valence-corrected chi connectivity index (χ3v) is 6.64. The van der Waals surface area contributed by atoms with Crippen LogP contribution in [-0.4, -0.2) is 13.1 Å². The van der Waals surface area contributed by atoms with E-state index < -0.39 is 0 Å². The van der Waals surface area contributed by atoms with Crippen LogP contribution < -0.4 is 5.32 Å². The van der Waals surface area contributed by atoms with E-state index in [9.17, 15) is 0 Å². The van der Waals surface area contributed by atoms with Gasteiger partial charge < -0.3 is 5.32 Å². The molecule has 2 unspecified atom stereocenters. The molecule has 1 saturated heterocycles. The standard InChI is InChI=1S/C16H17BrClNS/c1-10-14(17)8-16(20-10)12-6-7-19-9-13(12)11-4-2-3-5-15(11)18/h2-5,8,12-13,19H,6-7,9H2,1H3. The second-order valence-corrected chi connectivity index (χ2v) is 7.83. The smallest absolute Gasteiger partial charge is 0.0441 e. The van der Waals surface area contributed by atoms with Gasteiger partial charge in [-0.3, -0.25) is 0 Å². The molecule has 0 bridgehead atoms. The van der Waals surface area contributed by atoms with Crippen LogP contribution in [0.5, 0.6) is 0 Å². The summed E-state index contributed by atoms with van der Waals surface area (Å²) in [5.41, 5.74) is 1.27. The molecule has 0 saturated carbocycles. The van der Waals surface area contributed by atoms with Gasteiger partial charge in [0.15, 0.2) is 0 Å². The Morgan fingerprint density at radius 2 is 2.10 bits per heavy atom. The number of piperidine rings is 1. The van der Waals surface area contributed by atoms with Crippen molar-refractivity contribution in [2.75, 3.05) is 13.1 Å². The van der Waals surface area contributed by atoms with Crippen molar-refractivity contribution in [1.29, 1.82) is 0 Å². The van der Waals surface area contributed by atoms with Crippen molar-refractivity contribution in [2.24, 2.45) is 0 Å². The van der Waals surface area contributed by atoms with Crippen molar-refractivity contribution in [3.8, 4) is 0 Å². The monoisotopic (exact) mass is 369 g/mol. The summed E-state index contributed by atoms with van der Waals surface area (Å²) in [7, 11) is 0. The van der Waals surface area contributed by atoms with E-state index in [1.165, 1.54) is 26.2 Å². The number of benzene rings is 1. The highest BCUT2D eigenvalue weighted by Gasteiger charge is 2.30. The highest BCUT2D eigenvalue weighted by molar-refractivity contribution is 9.10. The van der Waals surface area contributed by atoms with E-state index in [1.807, 2.05) is 23.5 Å². The number of halogens is 2. The minimum Gasteiger partial charge on any atom is -0.316 e. The summed E-state index contributed by atoms with van der Waals surface area (Å²) in [6.45, 7) is 4.26. The maximum absolute atomic E-state index is 6.41. The van der Waals surface area contributed by atoms with Gasteiger partial charge in [-0.2, -0.15) is 0 Å². The normalized spacial score (nSPS) is 22.9. The lowest BCUT2D eigenvalue weighted by atomic mass is 9.80. The molecular formula is C16H17BrClNS.